The van der Waals surface area contributed by atoms with E-state index in [1.54, 1.807) is 18.6 Å². The van der Waals surface area contributed by atoms with Gasteiger partial charge in [-0.2, -0.15) is 4.98 Å². The van der Waals surface area contributed by atoms with Crippen LogP contribution in [-0.4, -0.2) is 53.3 Å². The summed E-state index contributed by atoms with van der Waals surface area (Å²) in [5, 5.41) is 16.4. The van der Waals surface area contributed by atoms with Crippen LogP contribution in [0, 0.1) is 23.3 Å². The van der Waals surface area contributed by atoms with Gasteiger partial charge in [-0.3, -0.25) is 14.1 Å². The third-order valence-corrected chi connectivity index (χ3v) is 8.17. The van der Waals surface area contributed by atoms with Gasteiger partial charge in [0.25, 0.3) is 5.56 Å². The van der Waals surface area contributed by atoms with Crippen molar-refractivity contribution in [3.05, 3.63) is 81.8 Å². The monoisotopic (exact) mass is 620 g/mol. The van der Waals surface area contributed by atoms with Crippen LogP contribution in [0.4, 0.5) is 29.2 Å². The molecule has 0 saturated carbocycles. The van der Waals surface area contributed by atoms with Crippen molar-refractivity contribution in [3.8, 4) is 11.1 Å². The Kier molecular flexibility index (Phi) is 8.40. The highest BCUT2D eigenvalue weighted by molar-refractivity contribution is 7.91. The Balaban J connectivity index is 1.53. The molecule has 0 unspecified atom stereocenters. The maximum absolute atomic E-state index is 15.4. The number of hydrogen-bond acceptors (Lipinski definition) is 8. The minimum Gasteiger partial charge on any atom is -0.392 e. The molecule has 0 amide bonds. The van der Waals surface area contributed by atoms with Crippen LogP contribution < -0.4 is 20.9 Å². The van der Waals surface area contributed by atoms with E-state index in [9.17, 15) is 22.7 Å². The third-order valence-electron chi connectivity index (χ3n) is 6.96. The fourth-order valence-corrected chi connectivity index (χ4v) is 6.18. The van der Waals surface area contributed by atoms with Gasteiger partial charge < -0.3 is 15.7 Å². The molecule has 3 heterocycles. The van der Waals surface area contributed by atoms with Crippen LogP contribution in [0.5, 0.6) is 0 Å². The Bertz CT molecular complexity index is 1870. The summed E-state index contributed by atoms with van der Waals surface area (Å²) in [5.74, 6) is -6.64. The van der Waals surface area contributed by atoms with Crippen molar-refractivity contribution < 1.29 is 31.1 Å². The number of nitrogens with zero attached hydrogens (tertiary/aromatic N) is 3. The van der Waals surface area contributed by atoms with Crippen molar-refractivity contribution in [2.24, 2.45) is 0 Å². The lowest BCUT2D eigenvalue weighted by molar-refractivity contribution is 0.136. The predicted octanol–water partition coefficient (Wildman–Crippen LogP) is 3.67. The van der Waals surface area contributed by atoms with Crippen LogP contribution in [0.2, 0.25) is 0 Å². The van der Waals surface area contributed by atoms with Crippen LogP contribution in [0.3, 0.4) is 0 Å². The van der Waals surface area contributed by atoms with Crippen LogP contribution >= 0.6 is 0 Å². The van der Waals surface area contributed by atoms with Crippen LogP contribution in [0.1, 0.15) is 31.9 Å². The van der Waals surface area contributed by atoms with Crippen molar-refractivity contribution in [1.82, 2.24) is 19.9 Å². The molecule has 1 aliphatic rings. The molecule has 2 atom stereocenters. The number of hydrogen-bond donors (Lipinski definition) is 4. The molecular formula is C28H28F4N6O4S. The molecule has 5 rings (SSSR count). The number of aliphatic hydroxyl groups excluding tert-OH is 1. The first kappa shape index (κ1) is 30.4. The number of β-amino-alcohol motifs (C(OH)–C–C–N with tert-alkyl or cyclic N) is 1. The second kappa shape index (κ2) is 11.9. The Morgan fingerprint density at radius 2 is 1.81 bits per heavy atom. The summed E-state index contributed by atoms with van der Waals surface area (Å²) in [6.45, 7) is 4.36. The zero-order valence-corrected chi connectivity index (χ0v) is 23.9. The minimum atomic E-state index is -4.57. The lowest BCUT2D eigenvalue weighted by Gasteiger charge is -2.27. The van der Waals surface area contributed by atoms with Crippen LogP contribution in [0.15, 0.2) is 47.4 Å². The Hall–Kier alpha value is -4.08. The zero-order valence-electron chi connectivity index (χ0n) is 23.0. The van der Waals surface area contributed by atoms with Gasteiger partial charge in [0.2, 0.25) is 16.0 Å². The summed E-state index contributed by atoms with van der Waals surface area (Å²) in [7, 11) is -4.57. The molecule has 4 N–H and O–H groups in total. The molecule has 10 nitrogen and oxygen atoms in total. The predicted molar refractivity (Wildman–Crippen MR) is 153 cm³/mol. The molecule has 2 aromatic heterocycles. The van der Waals surface area contributed by atoms with Crippen LogP contribution in [-0.2, 0) is 15.8 Å². The van der Waals surface area contributed by atoms with Crippen molar-refractivity contribution in [1.29, 1.82) is 0 Å². The minimum absolute atomic E-state index is 0.178. The highest BCUT2D eigenvalue weighted by atomic mass is 32.2. The van der Waals surface area contributed by atoms with Crippen molar-refractivity contribution >= 4 is 32.7 Å². The summed E-state index contributed by atoms with van der Waals surface area (Å²) in [4.78, 5) is 22.3. The second-order valence-corrected chi connectivity index (χ2v) is 12.3. The number of aliphatic hydroxyl groups is 1. The molecule has 1 saturated heterocycles. The fourth-order valence-electron chi connectivity index (χ4n) is 4.97. The smallest absolute Gasteiger partial charge is 0.260 e. The van der Waals surface area contributed by atoms with E-state index in [1.165, 1.54) is 35.0 Å². The van der Waals surface area contributed by atoms with E-state index in [1.807, 2.05) is 0 Å². The number of nitrogens with one attached hydrogen (secondary N) is 3. The average Bonchev–Trinajstić information content (AvgIpc) is 2.94. The maximum atomic E-state index is 15.4. The number of aromatic nitrogens is 3. The molecule has 4 aromatic rings. The van der Waals surface area contributed by atoms with Gasteiger partial charge in [-0.15, -0.1) is 0 Å². The molecular weight excluding hydrogens is 592 g/mol. The van der Waals surface area contributed by atoms with Crippen molar-refractivity contribution in [2.45, 2.75) is 44.2 Å². The standard InChI is InChI=1S/C28H28F4N6O4S/c1-14(2)38-26-16(10-34-28(36-26)35-17-8-18(39)12-33-11-17)7-20(27(38)40)19-9-22(30)25(24(32)23(19)31)37-43(41,42)13-15-5-3-4-6-21(15)29/h3-7,9-10,14,17-18,33,37,39H,8,11-13H2,1-2H3,(H,34,35,36)/t17-,18-/m1/s1. The first-order chi connectivity index (χ1) is 20.3. The van der Waals surface area contributed by atoms with E-state index in [0.717, 1.165) is 6.07 Å². The van der Waals surface area contributed by atoms with Gasteiger partial charge in [-0.1, -0.05) is 18.2 Å². The molecule has 43 heavy (non-hydrogen) atoms. The fraction of sp³-hybridized carbons (Fsp3) is 0.321. The van der Waals surface area contributed by atoms with Crippen molar-refractivity contribution in [2.75, 3.05) is 23.1 Å². The molecule has 0 bridgehead atoms. The summed E-state index contributed by atoms with van der Waals surface area (Å²) in [6, 6.07) is 5.96. The lowest BCUT2D eigenvalue weighted by atomic mass is 10.0. The lowest BCUT2D eigenvalue weighted by Crippen LogP contribution is -2.46. The SMILES string of the molecule is CC(C)n1c(=O)c(-c2cc(F)c(NS(=O)(=O)Cc3ccccc3F)c(F)c2F)cc2cnc(N[C@H]3CNC[C@H](O)C3)nc21. The number of rotatable bonds is 8. The highest BCUT2D eigenvalue weighted by Crippen LogP contribution is 2.32. The van der Waals surface area contributed by atoms with Gasteiger partial charge in [0.15, 0.2) is 17.5 Å². The number of anilines is 2. The van der Waals surface area contributed by atoms with Gasteiger partial charge >= 0.3 is 0 Å². The molecule has 0 radical (unpaired) electrons. The third kappa shape index (κ3) is 6.33. The average molecular weight is 621 g/mol. The van der Waals surface area contributed by atoms with E-state index >= 15 is 13.2 Å². The van der Waals surface area contributed by atoms with E-state index in [4.69, 9.17) is 0 Å². The molecule has 2 aromatic carbocycles. The number of benzene rings is 2. The number of sulfonamides is 1. The Labute approximate surface area is 243 Å². The van der Waals surface area contributed by atoms with Crippen molar-refractivity contribution in [3.63, 3.8) is 0 Å². The molecule has 0 spiro atoms. The molecule has 15 heteroatoms. The summed E-state index contributed by atoms with van der Waals surface area (Å²) in [5.41, 5.74) is -3.31. The highest BCUT2D eigenvalue weighted by Gasteiger charge is 2.27. The topological polar surface area (TPSA) is 138 Å². The second-order valence-electron chi connectivity index (χ2n) is 10.5. The first-order valence-electron chi connectivity index (χ1n) is 13.3. The molecule has 1 fully saturated rings. The summed E-state index contributed by atoms with van der Waals surface area (Å²) >= 11 is 0. The Morgan fingerprint density at radius 3 is 2.51 bits per heavy atom. The van der Waals surface area contributed by atoms with E-state index in [2.05, 4.69) is 20.6 Å². The summed E-state index contributed by atoms with van der Waals surface area (Å²) in [6.07, 6.45) is 1.28. The van der Waals surface area contributed by atoms with Crippen LogP contribution in [0.25, 0.3) is 22.2 Å². The van der Waals surface area contributed by atoms with Gasteiger partial charge in [-0.05, 0) is 38.5 Å². The number of halogens is 4. The molecule has 1 aliphatic heterocycles. The Morgan fingerprint density at radius 1 is 1.07 bits per heavy atom. The maximum Gasteiger partial charge on any atom is 0.260 e. The van der Waals surface area contributed by atoms with Gasteiger partial charge in [-0.25, -0.2) is 31.0 Å². The van der Waals surface area contributed by atoms with E-state index in [0.29, 0.717) is 25.6 Å². The van der Waals surface area contributed by atoms with Gasteiger partial charge in [0.1, 0.15) is 17.2 Å². The van der Waals surface area contributed by atoms with Gasteiger partial charge in [0.05, 0.1) is 17.4 Å². The number of fused-ring (bicyclic) bond motifs is 1. The largest absolute Gasteiger partial charge is 0.392 e. The number of piperidine rings is 1. The van der Waals surface area contributed by atoms with Gasteiger partial charge in [0, 0.05) is 47.9 Å². The zero-order chi connectivity index (χ0) is 31.1. The normalized spacial score (nSPS) is 17.4. The number of pyridine rings is 1. The molecule has 228 valence electrons. The quantitative estimate of drug-likeness (QED) is 0.173. The van der Waals surface area contributed by atoms with E-state index in [-0.39, 0.29) is 28.6 Å². The first-order valence-corrected chi connectivity index (χ1v) is 15.0. The summed E-state index contributed by atoms with van der Waals surface area (Å²) < 4.78 is 87.7. The molecule has 0 aliphatic carbocycles. The van der Waals surface area contributed by atoms with E-state index < -0.39 is 73.6 Å².